The summed E-state index contributed by atoms with van der Waals surface area (Å²) in [6, 6.07) is -0.0435. The van der Waals surface area contributed by atoms with Crippen molar-refractivity contribution in [3.8, 4) is 0 Å². The van der Waals surface area contributed by atoms with Crippen LogP contribution in [-0.2, 0) is 9.47 Å². The summed E-state index contributed by atoms with van der Waals surface area (Å²) >= 11 is 0. The zero-order valence-corrected chi connectivity index (χ0v) is 18.3. The maximum atomic E-state index is 14.4. The van der Waals surface area contributed by atoms with Crippen LogP contribution in [0.5, 0.6) is 0 Å². The molecule has 0 spiro atoms. The molecule has 0 aromatic carbocycles. The number of rotatable bonds is 1. The third-order valence-electron chi connectivity index (χ3n) is 5.69. The fraction of sp³-hybridized carbons (Fsp3) is 0.682. The van der Waals surface area contributed by atoms with Crippen LogP contribution in [0.1, 0.15) is 52.4 Å². The molecule has 31 heavy (non-hydrogen) atoms. The lowest BCUT2D eigenvalue weighted by Gasteiger charge is -2.39. The lowest BCUT2D eigenvalue weighted by molar-refractivity contribution is -0.123. The van der Waals surface area contributed by atoms with Crippen molar-refractivity contribution in [2.45, 2.75) is 76.2 Å². The van der Waals surface area contributed by atoms with Crippen molar-refractivity contribution < 1.29 is 24.1 Å². The number of aromatic nitrogens is 2. The SMILES string of the molecule is CCC1=Nc2ncc(F)c(n2)NC2CCCC(C)(C2)OCC(O)C(O)COCCC=C1. The van der Waals surface area contributed by atoms with Crippen LogP contribution in [0, 0.1) is 5.82 Å². The van der Waals surface area contributed by atoms with E-state index in [1.165, 1.54) is 0 Å². The van der Waals surface area contributed by atoms with Gasteiger partial charge in [0.15, 0.2) is 11.6 Å². The second-order valence-electron chi connectivity index (χ2n) is 8.42. The second-order valence-corrected chi connectivity index (χ2v) is 8.42. The minimum atomic E-state index is -1.04. The van der Waals surface area contributed by atoms with Gasteiger partial charge in [-0.2, -0.15) is 4.98 Å². The number of nitrogens with one attached hydrogen (secondary N) is 1. The number of nitrogens with zero attached hydrogens (tertiary/aromatic N) is 3. The predicted molar refractivity (Wildman–Crippen MR) is 116 cm³/mol. The van der Waals surface area contributed by atoms with Crippen molar-refractivity contribution in [3.05, 3.63) is 24.2 Å². The molecule has 2 heterocycles. The highest BCUT2D eigenvalue weighted by molar-refractivity contribution is 5.96. The lowest BCUT2D eigenvalue weighted by Crippen LogP contribution is -2.44. The van der Waals surface area contributed by atoms with Crippen LogP contribution in [0.4, 0.5) is 16.2 Å². The molecule has 9 heteroatoms. The van der Waals surface area contributed by atoms with E-state index in [9.17, 15) is 14.6 Å². The van der Waals surface area contributed by atoms with Gasteiger partial charge in [0.1, 0.15) is 12.2 Å². The van der Waals surface area contributed by atoms with Crippen molar-refractivity contribution in [2.75, 3.05) is 25.1 Å². The normalized spacial score (nSPS) is 31.0. The molecule has 1 aromatic heterocycles. The van der Waals surface area contributed by atoms with Gasteiger partial charge in [-0.3, -0.25) is 0 Å². The molecule has 1 fully saturated rings. The Kier molecular flexibility index (Phi) is 8.48. The number of hydrogen-bond donors (Lipinski definition) is 3. The van der Waals surface area contributed by atoms with Crippen LogP contribution in [0.15, 0.2) is 23.3 Å². The number of hydrogen-bond acceptors (Lipinski definition) is 8. The summed E-state index contributed by atoms with van der Waals surface area (Å²) in [6.45, 7) is 4.39. The summed E-state index contributed by atoms with van der Waals surface area (Å²) in [5, 5.41) is 23.6. The summed E-state index contributed by atoms with van der Waals surface area (Å²) in [5.74, 6) is -0.188. The Morgan fingerprint density at radius 3 is 2.90 bits per heavy atom. The summed E-state index contributed by atoms with van der Waals surface area (Å²) in [7, 11) is 0. The number of aliphatic hydroxyl groups is 2. The number of allylic oxidation sites excluding steroid dienone is 1. The number of aliphatic hydroxyl groups excluding tert-OH is 2. The molecular weight excluding hydrogens is 403 g/mol. The maximum absolute atomic E-state index is 14.4. The zero-order chi connectivity index (χ0) is 22.3. The molecule has 1 saturated carbocycles. The molecule has 4 unspecified atom stereocenters. The Morgan fingerprint density at radius 2 is 2.10 bits per heavy atom. The highest BCUT2D eigenvalue weighted by Gasteiger charge is 2.34. The molecule has 0 radical (unpaired) electrons. The molecule has 172 valence electrons. The molecule has 3 N–H and O–H groups in total. The Balaban J connectivity index is 1.83. The standard InChI is InChI=1S/C22H33FN4O4/c1-3-15-7-4-5-10-30-13-18(28)19(29)14-31-22(2)9-6-8-16(11-22)25-20-17(23)12-24-21(26-15)27-20/h4,7,12,16,18-19,28-29H,3,5-6,8-11,13-14H2,1-2H3,(H,24,25,27). The smallest absolute Gasteiger partial charge is 0.251 e. The first-order chi connectivity index (χ1) is 14.9. The lowest BCUT2D eigenvalue weighted by atomic mass is 9.83. The van der Waals surface area contributed by atoms with E-state index in [4.69, 9.17) is 9.47 Å². The Hall–Kier alpha value is -1.94. The van der Waals surface area contributed by atoms with Crippen molar-refractivity contribution in [1.29, 1.82) is 0 Å². The summed E-state index contributed by atoms with van der Waals surface area (Å²) in [6.07, 6.45) is 7.32. The Bertz CT molecular complexity index is 791. The number of aliphatic imine (C=N–C) groups is 1. The molecule has 1 aromatic rings. The van der Waals surface area contributed by atoms with E-state index in [0.717, 1.165) is 31.2 Å². The second kappa shape index (κ2) is 11.1. The van der Waals surface area contributed by atoms with E-state index in [1.54, 1.807) is 0 Å². The van der Waals surface area contributed by atoms with Gasteiger partial charge in [-0.1, -0.05) is 13.0 Å². The topological polar surface area (TPSA) is 109 Å². The molecule has 8 nitrogen and oxygen atoms in total. The number of fused-ring (bicyclic) bond motifs is 4. The molecule has 3 rings (SSSR count). The van der Waals surface area contributed by atoms with E-state index < -0.39 is 23.6 Å². The van der Waals surface area contributed by atoms with E-state index in [0.29, 0.717) is 25.9 Å². The Labute approximate surface area is 182 Å². The number of anilines is 1. The number of halogens is 1. The van der Waals surface area contributed by atoms with Gasteiger partial charge in [0, 0.05) is 11.8 Å². The summed E-state index contributed by atoms with van der Waals surface area (Å²) in [4.78, 5) is 12.7. The van der Waals surface area contributed by atoms with Gasteiger partial charge in [-0.05, 0) is 51.5 Å². The quantitative estimate of drug-likeness (QED) is 0.621. The van der Waals surface area contributed by atoms with Gasteiger partial charge in [-0.15, -0.1) is 0 Å². The molecule has 4 atom stereocenters. The van der Waals surface area contributed by atoms with E-state index in [-0.39, 0.29) is 31.0 Å². The van der Waals surface area contributed by atoms with Crippen LogP contribution >= 0.6 is 0 Å². The first-order valence-electron chi connectivity index (χ1n) is 11.0. The minimum absolute atomic E-state index is 0.00731. The molecule has 1 aliphatic heterocycles. The molecule has 4 bridgehead atoms. The fourth-order valence-corrected chi connectivity index (χ4v) is 3.85. The minimum Gasteiger partial charge on any atom is -0.388 e. The zero-order valence-electron chi connectivity index (χ0n) is 18.3. The van der Waals surface area contributed by atoms with Crippen LogP contribution in [0.25, 0.3) is 0 Å². The van der Waals surface area contributed by atoms with Crippen LogP contribution in [0.2, 0.25) is 0 Å². The first-order valence-corrected chi connectivity index (χ1v) is 11.0. The van der Waals surface area contributed by atoms with Crippen molar-refractivity contribution in [2.24, 2.45) is 4.99 Å². The van der Waals surface area contributed by atoms with Gasteiger partial charge >= 0.3 is 0 Å². The van der Waals surface area contributed by atoms with E-state index in [1.807, 2.05) is 26.0 Å². The highest BCUT2D eigenvalue weighted by Crippen LogP contribution is 2.33. The summed E-state index contributed by atoms with van der Waals surface area (Å²) in [5.41, 5.74) is 0.272. The molecule has 0 saturated heterocycles. The van der Waals surface area contributed by atoms with Gasteiger partial charge < -0.3 is 25.0 Å². The summed E-state index contributed by atoms with van der Waals surface area (Å²) < 4.78 is 25.8. The first kappa shape index (κ1) is 23.7. The van der Waals surface area contributed by atoms with Crippen molar-refractivity contribution in [3.63, 3.8) is 0 Å². The average molecular weight is 437 g/mol. The van der Waals surface area contributed by atoms with E-state index in [2.05, 4.69) is 20.3 Å². The van der Waals surface area contributed by atoms with Crippen LogP contribution in [0.3, 0.4) is 0 Å². The van der Waals surface area contributed by atoms with Crippen LogP contribution < -0.4 is 5.32 Å². The van der Waals surface area contributed by atoms with Gasteiger partial charge in [0.05, 0.1) is 31.6 Å². The average Bonchev–Trinajstić information content (AvgIpc) is 2.75. The van der Waals surface area contributed by atoms with Crippen molar-refractivity contribution in [1.82, 2.24) is 9.97 Å². The maximum Gasteiger partial charge on any atom is 0.251 e. The van der Waals surface area contributed by atoms with Crippen molar-refractivity contribution >= 4 is 17.5 Å². The van der Waals surface area contributed by atoms with E-state index >= 15 is 0 Å². The Morgan fingerprint density at radius 1 is 1.29 bits per heavy atom. The van der Waals surface area contributed by atoms with Crippen LogP contribution in [-0.4, -0.2) is 69.6 Å². The van der Waals surface area contributed by atoms with Gasteiger partial charge in [0.25, 0.3) is 5.95 Å². The van der Waals surface area contributed by atoms with Gasteiger partial charge in [-0.25, -0.2) is 14.4 Å². The number of ether oxygens (including phenoxy) is 2. The molecular formula is C22H33FN4O4. The highest BCUT2D eigenvalue weighted by atomic mass is 19.1. The fourth-order valence-electron chi connectivity index (χ4n) is 3.85. The monoisotopic (exact) mass is 436 g/mol. The third kappa shape index (κ3) is 7.03. The third-order valence-corrected chi connectivity index (χ3v) is 5.69. The molecule has 2 aliphatic rings. The van der Waals surface area contributed by atoms with Gasteiger partial charge in [0.2, 0.25) is 0 Å². The largest absolute Gasteiger partial charge is 0.388 e. The molecule has 0 amide bonds. The predicted octanol–water partition coefficient (Wildman–Crippen LogP) is 2.93. The molecule has 1 aliphatic carbocycles.